The zero-order valence-corrected chi connectivity index (χ0v) is 14.3. The standard InChI is InChI=1S/C18H21F2N3O2/c1-11-15(9-18(24)21-10-14-4-3-7-25-14)12(2)23(22-11)17-6-5-13(19)8-16(17)20/h5-6,8,14H,3-4,7,9-10H2,1-2H3,(H,21,24)/t14-/m0/s1. The van der Waals surface area contributed by atoms with Crippen molar-refractivity contribution in [2.24, 2.45) is 0 Å². The van der Waals surface area contributed by atoms with Gasteiger partial charge in [0.25, 0.3) is 0 Å². The van der Waals surface area contributed by atoms with Crippen molar-refractivity contribution in [2.45, 2.75) is 39.2 Å². The molecule has 0 spiro atoms. The van der Waals surface area contributed by atoms with Crippen LogP contribution in [-0.2, 0) is 16.0 Å². The lowest BCUT2D eigenvalue weighted by Gasteiger charge is -2.11. The normalized spacial score (nSPS) is 17.0. The van der Waals surface area contributed by atoms with Crippen LogP contribution in [0.15, 0.2) is 18.2 Å². The lowest BCUT2D eigenvalue weighted by molar-refractivity contribution is -0.120. The van der Waals surface area contributed by atoms with Gasteiger partial charge in [0.1, 0.15) is 11.5 Å². The van der Waals surface area contributed by atoms with Crippen LogP contribution in [-0.4, -0.2) is 34.9 Å². The van der Waals surface area contributed by atoms with E-state index < -0.39 is 11.6 Å². The van der Waals surface area contributed by atoms with E-state index >= 15 is 0 Å². The Morgan fingerprint density at radius 2 is 2.20 bits per heavy atom. The van der Waals surface area contributed by atoms with Gasteiger partial charge in [0.2, 0.25) is 5.91 Å². The molecule has 0 aliphatic carbocycles. The molecule has 1 aromatic heterocycles. The second-order valence-corrected chi connectivity index (χ2v) is 6.27. The number of rotatable bonds is 5. The molecule has 1 fully saturated rings. The fraction of sp³-hybridized carbons (Fsp3) is 0.444. The topological polar surface area (TPSA) is 56.2 Å². The second-order valence-electron chi connectivity index (χ2n) is 6.27. The average Bonchev–Trinajstić information content (AvgIpc) is 3.17. The van der Waals surface area contributed by atoms with E-state index in [4.69, 9.17) is 4.74 Å². The molecule has 3 rings (SSSR count). The second kappa shape index (κ2) is 7.31. The van der Waals surface area contributed by atoms with Gasteiger partial charge < -0.3 is 10.1 Å². The van der Waals surface area contributed by atoms with Gasteiger partial charge in [0.05, 0.1) is 18.2 Å². The molecule has 1 saturated heterocycles. The number of nitrogens with zero attached hydrogens (tertiary/aromatic N) is 2. The largest absolute Gasteiger partial charge is 0.376 e. The Morgan fingerprint density at radius 3 is 2.88 bits per heavy atom. The number of nitrogens with one attached hydrogen (secondary N) is 1. The molecule has 0 bridgehead atoms. The van der Waals surface area contributed by atoms with Crippen LogP contribution in [0.25, 0.3) is 5.69 Å². The number of carbonyl (C=O) groups is 1. The highest BCUT2D eigenvalue weighted by Crippen LogP contribution is 2.21. The molecule has 1 aromatic carbocycles. The van der Waals surface area contributed by atoms with Gasteiger partial charge in [-0.15, -0.1) is 0 Å². The third-order valence-electron chi connectivity index (χ3n) is 4.47. The maximum absolute atomic E-state index is 14.0. The molecule has 134 valence electrons. The first-order chi connectivity index (χ1) is 12.0. The van der Waals surface area contributed by atoms with Gasteiger partial charge in [-0.05, 0) is 38.8 Å². The number of halogens is 2. The van der Waals surface area contributed by atoms with Gasteiger partial charge in [0.15, 0.2) is 5.82 Å². The smallest absolute Gasteiger partial charge is 0.224 e. The van der Waals surface area contributed by atoms with Crippen LogP contribution >= 0.6 is 0 Å². The van der Waals surface area contributed by atoms with E-state index in [2.05, 4.69) is 10.4 Å². The molecule has 0 saturated carbocycles. The molecule has 0 radical (unpaired) electrons. The minimum Gasteiger partial charge on any atom is -0.376 e. The van der Waals surface area contributed by atoms with Crippen LogP contribution in [0.1, 0.15) is 29.8 Å². The summed E-state index contributed by atoms with van der Waals surface area (Å²) >= 11 is 0. The molecule has 1 aliphatic heterocycles. The minimum absolute atomic E-state index is 0.0854. The van der Waals surface area contributed by atoms with Gasteiger partial charge in [-0.25, -0.2) is 13.5 Å². The van der Waals surface area contributed by atoms with Crippen molar-refractivity contribution >= 4 is 5.91 Å². The first kappa shape index (κ1) is 17.5. The molecular formula is C18H21F2N3O2. The van der Waals surface area contributed by atoms with Gasteiger partial charge in [-0.1, -0.05) is 0 Å². The van der Waals surface area contributed by atoms with E-state index in [1.54, 1.807) is 13.8 Å². The Balaban J connectivity index is 1.74. The molecule has 7 heteroatoms. The summed E-state index contributed by atoms with van der Waals surface area (Å²) in [5, 5.41) is 7.18. The molecule has 25 heavy (non-hydrogen) atoms. The van der Waals surface area contributed by atoms with Crippen molar-refractivity contribution in [3.63, 3.8) is 0 Å². The molecule has 1 aliphatic rings. The average molecular weight is 349 g/mol. The van der Waals surface area contributed by atoms with E-state index in [0.29, 0.717) is 17.9 Å². The van der Waals surface area contributed by atoms with Crippen molar-refractivity contribution in [3.8, 4) is 5.69 Å². The van der Waals surface area contributed by atoms with Gasteiger partial charge in [-0.3, -0.25) is 4.79 Å². The Labute approximate surface area is 145 Å². The summed E-state index contributed by atoms with van der Waals surface area (Å²) in [5.74, 6) is -1.46. The lowest BCUT2D eigenvalue weighted by atomic mass is 10.1. The summed E-state index contributed by atoms with van der Waals surface area (Å²) < 4.78 is 34.0. The van der Waals surface area contributed by atoms with Crippen molar-refractivity contribution in [3.05, 3.63) is 46.8 Å². The maximum atomic E-state index is 14.0. The molecule has 0 unspecified atom stereocenters. The summed E-state index contributed by atoms with van der Waals surface area (Å²) in [6.45, 7) is 4.78. The van der Waals surface area contributed by atoms with E-state index in [0.717, 1.165) is 31.1 Å². The first-order valence-corrected chi connectivity index (χ1v) is 8.34. The van der Waals surface area contributed by atoms with Crippen molar-refractivity contribution < 1.29 is 18.3 Å². The third kappa shape index (κ3) is 3.87. The van der Waals surface area contributed by atoms with Gasteiger partial charge >= 0.3 is 0 Å². The Bertz CT molecular complexity index is 783. The fourth-order valence-electron chi connectivity index (χ4n) is 3.07. The number of aromatic nitrogens is 2. The lowest BCUT2D eigenvalue weighted by Crippen LogP contribution is -2.33. The van der Waals surface area contributed by atoms with Crippen molar-refractivity contribution in [2.75, 3.05) is 13.2 Å². The highest BCUT2D eigenvalue weighted by molar-refractivity contribution is 5.79. The van der Waals surface area contributed by atoms with E-state index in [9.17, 15) is 13.6 Å². The zero-order valence-electron chi connectivity index (χ0n) is 14.3. The summed E-state index contributed by atoms with van der Waals surface area (Å²) in [6.07, 6.45) is 2.23. The number of carbonyl (C=O) groups excluding carboxylic acids is 1. The number of hydrogen-bond acceptors (Lipinski definition) is 3. The van der Waals surface area contributed by atoms with Crippen LogP contribution in [0, 0.1) is 25.5 Å². The van der Waals surface area contributed by atoms with Crippen LogP contribution in [0.4, 0.5) is 8.78 Å². The van der Waals surface area contributed by atoms with Crippen molar-refractivity contribution in [1.82, 2.24) is 15.1 Å². The Hall–Kier alpha value is -2.28. The highest BCUT2D eigenvalue weighted by atomic mass is 19.1. The molecule has 1 N–H and O–H groups in total. The number of amides is 1. The van der Waals surface area contributed by atoms with Crippen molar-refractivity contribution in [1.29, 1.82) is 0 Å². The highest BCUT2D eigenvalue weighted by Gasteiger charge is 2.20. The quantitative estimate of drug-likeness (QED) is 0.903. The Kier molecular flexibility index (Phi) is 5.13. The van der Waals surface area contributed by atoms with Crippen LogP contribution < -0.4 is 5.32 Å². The number of aryl methyl sites for hydroxylation is 1. The predicted molar refractivity (Wildman–Crippen MR) is 88.6 cm³/mol. The van der Waals surface area contributed by atoms with Crippen LogP contribution in [0.2, 0.25) is 0 Å². The number of benzene rings is 1. The Morgan fingerprint density at radius 1 is 1.40 bits per heavy atom. The SMILES string of the molecule is Cc1nn(-c2ccc(F)cc2F)c(C)c1CC(=O)NC[C@@H]1CCCO1. The van der Waals surface area contributed by atoms with Gasteiger partial charge in [0, 0.05) is 30.5 Å². The number of ether oxygens (including phenoxy) is 1. The van der Waals surface area contributed by atoms with Crippen LogP contribution in [0.3, 0.4) is 0 Å². The minimum atomic E-state index is -0.694. The monoisotopic (exact) mass is 349 g/mol. The first-order valence-electron chi connectivity index (χ1n) is 8.34. The summed E-state index contributed by atoms with van der Waals surface area (Å²) in [5.41, 5.74) is 2.21. The maximum Gasteiger partial charge on any atom is 0.224 e. The predicted octanol–water partition coefficient (Wildman–Crippen LogP) is 2.61. The molecule has 2 aromatic rings. The van der Waals surface area contributed by atoms with Gasteiger partial charge in [-0.2, -0.15) is 5.10 Å². The molecular weight excluding hydrogens is 328 g/mol. The van der Waals surface area contributed by atoms with E-state index in [1.807, 2.05) is 0 Å². The van der Waals surface area contributed by atoms with Crippen LogP contribution in [0.5, 0.6) is 0 Å². The zero-order chi connectivity index (χ0) is 18.0. The third-order valence-corrected chi connectivity index (χ3v) is 4.47. The molecule has 2 heterocycles. The van der Waals surface area contributed by atoms with E-state index in [-0.39, 0.29) is 24.1 Å². The number of hydrogen-bond donors (Lipinski definition) is 1. The fourth-order valence-corrected chi connectivity index (χ4v) is 3.07. The summed E-state index contributed by atoms with van der Waals surface area (Å²) in [4.78, 5) is 12.2. The summed E-state index contributed by atoms with van der Waals surface area (Å²) in [7, 11) is 0. The molecule has 1 amide bonds. The molecule has 1 atom stereocenters. The molecule has 5 nitrogen and oxygen atoms in total. The van der Waals surface area contributed by atoms with E-state index in [1.165, 1.54) is 16.8 Å². The summed E-state index contributed by atoms with van der Waals surface area (Å²) in [6, 6.07) is 3.34.